The molecule has 5 fully saturated rings. The molecule has 3 aliphatic heterocycles. The zero-order valence-corrected chi connectivity index (χ0v) is 45.1. The lowest BCUT2D eigenvalue weighted by atomic mass is 10.0. The molecule has 5 aliphatic rings. The van der Waals surface area contributed by atoms with Gasteiger partial charge in [-0.1, -0.05) is 39.0 Å². The van der Waals surface area contributed by atoms with E-state index in [2.05, 4.69) is 75.2 Å². The summed E-state index contributed by atoms with van der Waals surface area (Å²) >= 11 is 6.34. The molecule has 3 unspecified atom stereocenters. The molecule has 1 amide bonds. The lowest BCUT2D eigenvalue weighted by molar-refractivity contribution is -0.184. The number of carbonyl (C=O) groups is 1. The number of aliphatic imine (C=N–C) groups is 1. The Hall–Kier alpha value is -5.22. The van der Waals surface area contributed by atoms with Crippen molar-refractivity contribution < 1.29 is 50.4 Å². The first-order chi connectivity index (χ1) is 35.2. The van der Waals surface area contributed by atoms with Crippen molar-refractivity contribution in [1.29, 1.82) is 10.5 Å². The van der Waals surface area contributed by atoms with Crippen molar-refractivity contribution in [2.45, 2.75) is 100 Å². The second-order valence-electron chi connectivity index (χ2n) is 20.5. The van der Waals surface area contributed by atoms with E-state index in [9.17, 15) is 20.1 Å². The predicted molar refractivity (Wildman–Crippen MR) is 270 cm³/mol. The van der Waals surface area contributed by atoms with Gasteiger partial charge < -0.3 is 42.3 Å². The van der Waals surface area contributed by atoms with Gasteiger partial charge in [0.2, 0.25) is 5.95 Å². The van der Waals surface area contributed by atoms with Crippen LogP contribution in [0.2, 0.25) is 18.1 Å². The number of phosphoric acid groups is 1. The highest BCUT2D eigenvalue weighted by atomic mass is 32.5. The number of benzene rings is 1. The predicted octanol–water partition coefficient (Wildman–Crippen LogP) is 6.06. The van der Waals surface area contributed by atoms with Crippen LogP contribution >= 0.6 is 14.5 Å². The minimum absolute atomic E-state index is 0.00428. The minimum Gasteiger partial charge on any atom is -0.409 e. The molecule has 7 heterocycles. The molecule has 10 rings (SSSR count). The summed E-state index contributed by atoms with van der Waals surface area (Å²) in [6.45, 7) is 5.20. The molecule has 2 N–H and O–H groups in total. The van der Waals surface area contributed by atoms with E-state index in [0.29, 0.717) is 23.1 Å². The lowest BCUT2D eigenvalue weighted by Gasteiger charge is -2.44. The molecule has 74 heavy (non-hydrogen) atoms. The van der Waals surface area contributed by atoms with Crippen molar-refractivity contribution in [2.24, 2.45) is 16.3 Å². The highest BCUT2D eigenvalue weighted by molar-refractivity contribution is 8.07. The van der Waals surface area contributed by atoms with Crippen LogP contribution in [0.1, 0.15) is 62.7 Å². The maximum Gasteiger partial charge on any atom is 0.475 e. The number of nitrogens with zero attached hydrogens (tertiary/aromatic N) is 11. The number of hydrogen-bond acceptors (Lipinski definition) is 21. The smallest absolute Gasteiger partial charge is 0.409 e. The third-order valence-corrected chi connectivity index (χ3v) is 22.6. The number of H-pyrrole nitrogens is 1. The average Bonchev–Trinajstić information content (AvgIpc) is 3.79. The van der Waals surface area contributed by atoms with Gasteiger partial charge in [-0.3, -0.25) is 32.7 Å². The zero-order valence-electron chi connectivity index (χ0n) is 41.5. The van der Waals surface area contributed by atoms with Crippen molar-refractivity contribution in [3.05, 3.63) is 65.2 Å². The summed E-state index contributed by atoms with van der Waals surface area (Å²) in [5.74, 6) is -0.546. The lowest BCUT2D eigenvalue weighted by Crippen LogP contribution is -2.50. The Balaban J connectivity index is 1.06. The van der Waals surface area contributed by atoms with Gasteiger partial charge in [0.05, 0.1) is 89.2 Å². The Morgan fingerprint density at radius 2 is 1.73 bits per heavy atom. The Morgan fingerprint density at radius 1 is 1.00 bits per heavy atom. The van der Waals surface area contributed by atoms with Crippen LogP contribution < -0.4 is 10.9 Å². The number of rotatable bonds is 14. The second kappa shape index (κ2) is 19.7. The first-order valence-corrected chi connectivity index (χ1v) is 30.7. The molecule has 29 heteroatoms. The van der Waals surface area contributed by atoms with Crippen LogP contribution in [-0.4, -0.2) is 142 Å². The summed E-state index contributed by atoms with van der Waals surface area (Å²) in [4.78, 5) is 57.9. The summed E-state index contributed by atoms with van der Waals surface area (Å²) in [6.07, 6.45) is 0.738. The van der Waals surface area contributed by atoms with Crippen molar-refractivity contribution in [1.82, 2.24) is 43.9 Å². The monoisotopic (exact) mass is 1090 g/mol. The standard InChI is InChI=1S/C45H55N13O12P2SSi/c1-43(2,3)74(6,7)70-32-31(57-25-50-29-36(48-23-49-37(29)57)53-39(59)27-13-9-8-10-14-27)28-19-44(28)20-65-71(61,63-17-11-15-46)68-35-33-41(58-26-51-30-38(58)54-42(55-40(30)60)52-24-56(4)5)67-45(35,21-62-33)22-66-72(73,69-34(32)44)64-18-12-16-47/h8-10,13-14,23-26,28,31-35,41H,11-12,17-22H2,1-7H3,(H,54,55,60)(H,48,49,53,59)/b52-24+/t28-,31-,32+,33-,34+,35+,41-,44?,45-,71?,72?/m1/s1. The van der Waals surface area contributed by atoms with Gasteiger partial charge in [0, 0.05) is 25.1 Å². The number of fused-ring (bicyclic) bond motifs is 2. The molecule has 5 aromatic rings. The molecule has 1 aromatic carbocycles. The van der Waals surface area contributed by atoms with Crippen LogP contribution in [0.4, 0.5) is 11.8 Å². The molecule has 0 radical (unpaired) electrons. The van der Waals surface area contributed by atoms with Crippen LogP contribution in [0.25, 0.3) is 22.3 Å². The van der Waals surface area contributed by atoms with Crippen LogP contribution in [0.5, 0.6) is 0 Å². The molecular weight excluding hydrogens is 1040 g/mol. The summed E-state index contributed by atoms with van der Waals surface area (Å²) in [5.41, 5.74) is -1.98. The molecule has 2 saturated carbocycles. The van der Waals surface area contributed by atoms with Gasteiger partial charge >= 0.3 is 14.5 Å². The quantitative estimate of drug-likeness (QED) is 0.0420. The molecule has 3 saturated heterocycles. The van der Waals surface area contributed by atoms with E-state index >= 15 is 4.57 Å². The third-order valence-electron chi connectivity index (χ3n) is 14.4. The topological polar surface area (TPSA) is 300 Å². The normalized spacial score (nSPS) is 31.8. The zero-order chi connectivity index (χ0) is 52.4. The van der Waals surface area contributed by atoms with E-state index in [0.717, 1.165) is 0 Å². The average molecular weight is 1090 g/mol. The largest absolute Gasteiger partial charge is 0.475 e. The van der Waals surface area contributed by atoms with Crippen molar-refractivity contribution >= 4 is 81.0 Å². The van der Waals surface area contributed by atoms with Gasteiger partial charge in [-0.05, 0) is 54.4 Å². The van der Waals surface area contributed by atoms with E-state index < -0.39 is 82.7 Å². The van der Waals surface area contributed by atoms with Gasteiger partial charge in [-0.15, -0.1) is 0 Å². The number of nitriles is 2. The van der Waals surface area contributed by atoms with Crippen LogP contribution in [0.15, 0.2) is 59.1 Å². The summed E-state index contributed by atoms with van der Waals surface area (Å²) in [5, 5.41) is 21.8. The van der Waals surface area contributed by atoms with E-state index in [4.69, 9.17) is 57.8 Å². The van der Waals surface area contributed by atoms with Gasteiger partial charge in [0.15, 0.2) is 42.7 Å². The fourth-order valence-corrected chi connectivity index (χ4v) is 14.6. The molecule has 25 nitrogen and oxygen atoms in total. The van der Waals surface area contributed by atoms with E-state index in [-0.39, 0.29) is 79.1 Å². The van der Waals surface area contributed by atoms with Crippen LogP contribution in [0, 0.1) is 34.0 Å². The highest BCUT2D eigenvalue weighted by Gasteiger charge is 2.76. The van der Waals surface area contributed by atoms with Crippen molar-refractivity contribution in [3.63, 3.8) is 0 Å². The number of aromatic amines is 1. The Labute approximate surface area is 430 Å². The minimum atomic E-state index is -4.70. The number of amides is 1. The molecule has 2 aliphatic carbocycles. The number of aromatic nitrogens is 8. The molecule has 4 aromatic heterocycles. The maximum atomic E-state index is 15.4. The van der Waals surface area contributed by atoms with E-state index in [1.165, 1.54) is 23.6 Å². The van der Waals surface area contributed by atoms with Gasteiger partial charge in [-0.25, -0.2) is 29.5 Å². The van der Waals surface area contributed by atoms with Gasteiger partial charge in [-0.2, -0.15) is 15.5 Å². The first kappa shape index (κ1) is 52.2. The number of hydrogen-bond donors (Lipinski definition) is 2. The Morgan fingerprint density at radius 3 is 2.46 bits per heavy atom. The number of ether oxygens (including phenoxy) is 2. The fraction of sp³-hybridized carbons (Fsp3) is 0.556. The molecular formula is C45H55N13O12P2SSi. The van der Waals surface area contributed by atoms with Gasteiger partial charge in [0.25, 0.3) is 11.5 Å². The first-order valence-electron chi connectivity index (χ1n) is 23.8. The molecule has 11 atom stereocenters. The SMILES string of the molecule is CN(C)/C=N/c1nc2c(ncn2[C@@H]2O[C@@]34CO[C@@H]2[C@@H]3OP(=O)(OCCC#N)OCC23C[C@@H]2[C@@H](n2cnc5c(NC(=O)c6ccccc6)ncnc52)[C@H](O[Si](C)(C)C(C)(C)C)[C@@H]3OP(=S)(OCCC#N)OC4)c(=O)[nH]1. The summed E-state index contributed by atoms with van der Waals surface area (Å²) in [7, 11) is -3.93. The Kier molecular flexibility index (Phi) is 13.9. The molecule has 2 bridgehead atoms. The molecule has 1 spiro atoms. The third kappa shape index (κ3) is 9.57. The fourth-order valence-electron chi connectivity index (χ4n) is 9.69. The molecule has 392 valence electrons. The number of nitrogens with one attached hydrogen (secondary N) is 2. The number of imidazole rings is 2. The van der Waals surface area contributed by atoms with Crippen LogP contribution in [0.3, 0.4) is 0 Å². The summed E-state index contributed by atoms with van der Waals surface area (Å²) in [6, 6.07) is 12.2. The highest BCUT2D eigenvalue weighted by Crippen LogP contribution is 2.74. The van der Waals surface area contributed by atoms with Crippen molar-refractivity contribution in [3.8, 4) is 12.1 Å². The number of phosphoric ester groups is 1. The van der Waals surface area contributed by atoms with E-state index in [1.807, 2.05) is 16.7 Å². The number of carbonyl (C=O) groups excluding carboxylic acids is 1. The summed E-state index contributed by atoms with van der Waals surface area (Å²) < 4.78 is 78.7. The van der Waals surface area contributed by atoms with Crippen molar-refractivity contribution in [2.75, 3.05) is 52.4 Å². The van der Waals surface area contributed by atoms with Crippen LogP contribution in [-0.2, 0) is 57.4 Å². The number of anilines is 1. The van der Waals surface area contributed by atoms with E-state index in [1.54, 1.807) is 49.6 Å². The maximum absolute atomic E-state index is 15.4. The second-order valence-corrected chi connectivity index (χ2v) is 29.8. The van der Waals surface area contributed by atoms with Gasteiger partial charge in [0.1, 0.15) is 30.2 Å². The Bertz CT molecular complexity index is 3250.